The van der Waals surface area contributed by atoms with Gasteiger partial charge in [0.15, 0.2) is 0 Å². The third-order valence-electron chi connectivity index (χ3n) is 18.4. The largest absolute Gasteiger partial charge is 0.311 e. The van der Waals surface area contributed by atoms with Crippen LogP contribution in [0.1, 0.15) is 174 Å². The van der Waals surface area contributed by atoms with Crippen molar-refractivity contribution < 1.29 is 0 Å². The average Bonchev–Trinajstić information content (AvgIpc) is 3.71. The van der Waals surface area contributed by atoms with Crippen molar-refractivity contribution in [2.75, 3.05) is 9.80 Å². The van der Waals surface area contributed by atoms with E-state index in [2.05, 4.69) is 223 Å². The Morgan fingerprint density at radius 3 is 1.77 bits per heavy atom. The van der Waals surface area contributed by atoms with E-state index in [1.165, 1.54) is 125 Å². The Balaban J connectivity index is 1.25. The molecule has 3 atom stereocenters. The number of fused-ring (bicyclic) bond motifs is 10. The lowest BCUT2D eigenvalue weighted by atomic mass is 9.33. The second-order valence-corrected chi connectivity index (χ2v) is 27.8. The average molecular weight is 925 g/mol. The molecule has 3 heterocycles. The van der Waals surface area contributed by atoms with Gasteiger partial charge in [0.25, 0.3) is 6.71 Å². The molecule has 0 spiro atoms. The summed E-state index contributed by atoms with van der Waals surface area (Å²) in [6, 6.07) is 44.2. The number of hydrogen-bond acceptors (Lipinski definition) is 3. The molecule has 69 heavy (non-hydrogen) atoms. The van der Waals surface area contributed by atoms with Crippen LogP contribution in [0.25, 0.3) is 21.2 Å². The van der Waals surface area contributed by atoms with E-state index in [4.69, 9.17) is 0 Å². The number of benzene rings is 6. The molecule has 1 saturated carbocycles. The van der Waals surface area contributed by atoms with E-state index in [-0.39, 0.29) is 39.2 Å². The minimum Gasteiger partial charge on any atom is -0.311 e. The Morgan fingerprint density at radius 1 is 0.551 bits per heavy atom. The molecule has 2 aliphatic heterocycles. The van der Waals surface area contributed by atoms with E-state index < -0.39 is 0 Å². The Hall–Kier alpha value is -5.06. The van der Waals surface area contributed by atoms with E-state index in [0.717, 1.165) is 5.92 Å². The summed E-state index contributed by atoms with van der Waals surface area (Å²) >= 11 is 2.04. The van der Waals surface area contributed by atoms with E-state index in [0.29, 0.717) is 5.92 Å². The third kappa shape index (κ3) is 6.55. The van der Waals surface area contributed by atoms with Crippen LogP contribution < -0.4 is 26.2 Å². The van der Waals surface area contributed by atoms with E-state index >= 15 is 0 Å². The molecule has 1 aromatic heterocycles. The van der Waals surface area contributed by atoms with Crippen LogP contribution in [-0.4, -0.2) is 6.71 Å². The Labute approximate surface area is 418 Å². The Bertz CT molecular complexity index is 3270. The highest BCUT2D eigenvalue weighted by atomic mass is 32.1. The van der Waals surface area contributed by atoms with Gasteiger partial charge < -0.3 is 9.80 Å². The maximum atomic E-state index is 2.74. The lowest BCUT2D eigenvalue weighted by molar-refractivity contribution is 0.142. The molecular formula is C65H73BN2S. The van der Waals surface area contributed by atoms with Gasteiger partial charge in [-0.3, -0.25) is 0 Å². The van der Waals surface area contributed by atoms with Gasteiger partial charge in [-0.15, -0.1) is 11.3 Å². The third-order valence-corrected chi connectivity index (χ3v) is 19.5. The van der Waals surface area contributed by atoms with Gasteiger partial charge in [-0.1, -0.05) is 158 Å². The molecule has 352 valence electrons. The van der Waals surface area contributed by atoms with Crippen LogP contribution >= 0.6 is 11.3 Å². The molecule has 2 nitrogen and oxygen atoms in total. The number of rotatable bonds is 3. The van der Waals surface area contributed by atoms with Gasteiger partial charge >= 0.3 is 0 Å². The molecule has 0 bridgehead atoms. The summed E-state index contributed by atoms with van der Waals surface area (Å²) < 4.78 is 1.43. The van der Waals surface area contributed by atoms with Gasteiger partial charge in [0, 0.05) is 33.0 Å². The van der Waals surface area contributed by atoms with Crippen molar-refractivity contribution in [3.63, 3.8) is 0 Å². The zero-order chi connectivity index (χ0) is 48.7. The second kappa shape index (κ2) is 14.5. The second-order valence-electron chi connectivity index (χ2n) is 26.8. The Kier molecular flexibility index (Phi) is 9.50. The first-order valence-electron chi connectivity index (χ1n) is 26.3. The fourth-order valence-corrected chi connectivity index (χ4v) is 15.0. The lowest BCUT2D eigenvalue weighted by Crippen LogP contribution is -2.61. The predicted octanol–water partition coefficient (Wildman–Crippen LogP) is 16.7. The quantitative estimate of drug-likeness (QED) is 0.163. The molecule has 3 unspecified atom stereocenters. The fourth-order valence-electron chi connectivity index (χ4n) is 13.7. The number of hydrogen-bond donors (Lipinski definition) is 0. The number of thiophene rings is 1. The van der Waals surface area contributed by atoms with Crippen molar-refractivity contribution in [3.05, 3.63) is 148 Å². The highest BCUT2D eigenvalue weighted by Gasteiger charge is 2.54. The van der Waals surface area contributed by atoms with Gasteiger partial charge in [-0.25, -0.2) is 0 Å². The van der Waals surface area contributed by atoms with Crippen molar-refractivity contribution in [3.8, 4) is 11.1 Å². The summed E-state index contributed by atoms with van der Waals surface area (Å²) in [7, 11) is 0. The minimum atomic E-state index is -0.110. The van der Waals surface area contributed by atoms with E-state index in [1.54, 1.807) is 11.1 Å². The van der Waals surface area contributed by atoms with Gasteiger partial charge in [-0.05, 0) is 191 Å². The topological polar surface area (TPSA) is 6.48 Å². The first kappa shape index (κ1) is 45.1. The summed E-state index contributed by atoms with van der Waals surface area (Å²) in [6.07, 6.45) is 4.98. The van der Waals surface area contributed by atoms with Crippen molar-refractivity contribution >= 4 is 78.0 Å². The summed E-state index contributed by atoms with van der Waals surface area (Å²) in [4.78, 5) is 5.45. The smallest absolute Gasteiger partial charge is 0.254 e. The summed E-state index contributed by atoms with van der Waals surface area (Å²) in [5.41, 5.74) is 23.9. The van der Waals surface area contributed by atoms with Crippen LogP contribution in [0, 0.1) is 5.92 Å². The molecule has 1 fully saturated rings. The summed E-state index contributed by atoms with van der Waals surface area (Å²) in [5, 5.41) is 2.84. The normalized spacial score (nSPS) is 21.8. The van der Waals surface area contributed by atoms with E-state index in [9.17, 15) is 0 Å². The van der Waals surface area contributed by atoms with Gasteiger partial charge in [0.1, 0.15) is 0 Å². The van der Waals surface area contributed by atoms with Crippen molar-refractivity contribution in [1.82, 2.24) is 0 Å². The van der Waals surface area contributed by atoms with Crippen LogP contribution in [0.5, 0.6) is 0 Å². The predicted molar refractivity (Wildman–Crippen MR) is 301 cm³/mol. The minimum absolute atomic E-state index is 0.0130. The highest BCUT2D eigenvalue weighted by Crippen LogP contribution is 2.63. The maximum Gasteiger partial charge on any atom is 0.254 e. The molecule has 0 saturated heterocycles. The molecular weight excluding hydrogens is 852 g/mol. The summed E-state index contributed by atoms with van der Waals surface area (Å²) in [5.74, 6) is 1.33. The number of nitrogens with zero attached hydrogens (tertiary/aromatic N) is 2. The van der Waals surface area contributed by atoms with Gasteiger partial charge in [0.05, 0.1) is 10.7 Å². The molecule has 7 aromatic rings. The molecule has 0 amide bonds. The molecule has 0 radical (unpaired) electrons. The summed E-state index contributed by atoms with van der Waals surface area (Å²) in [6.45, 7) is 36.4. The Morgan fingerprint density at radius 2 is 1.16 bits per heavy atom. The molecule has 12 rings (SSSR count). The van der Waals surface area contributed by atoms with Crippen molar-refractivity contribution in [2.24, 2.45) is 5.92 Å². The maximum absolute atomic E-state index is 2.74. The van der Waals surface area contributed by atoms with Crippen LogP contribution in [0.2, 0.25) is 0 Å². The molecule has 0 N–H and O–H groups in total. The SMILES string of the molecule is CC1c2cc3sc4c(c3cc2C2(C)CCC12)B1c2cc3c(cc2N(c2ccc(C(C)(C)C)cc2-c2ccccc2)c2cc(C(C)(C)C)cc(c21)N4c1ccc(C(C)(C)C)cc1)C(C)(C)CCC3(C)C. The van der Waals surface area contributed by atoms with Crippen molar-refractivity contribution in [1.29, 1.82) is 0 Å². The van der Waals surface area contributed by atoms with E-state index in [1.807, 2.05) is 11.3 Å². The first-order chi connectivity index (χ1) is 32.4. The van der Waals surface area contributed by atoms with Crippen LogP contribution in [-0.2, 0) is 32.5 Å². The van der Waals surface area contributed by atoms with Crippen LogP contribution in [0.4, 0.5) is 33.4 Å². The molecule has 4 heteroatoms. The molecule has 6 aromatic carbocycles. The molecule has 5 aliphatic rings. The van der Waals surface area contributed by atoms with Crippen LogP contribution in [0.3, 0.4) is 0 Å². The monoisotopic (exact) mass is 925 g/mol. The van der Waals surface area contributed by atoms with Gasteiger partial charge in [0.2, 0.25) is 0 Å². The standard InChI is InChI=1S/C65H73BN2S/c1-38-44-35-56-46(34-48(44)65(15)28-27-47(38)65)57-59(69-56)67(43-24-21-40(22-25-43)60(2,3)4)54-32-42(62(8,9)10)33-55-58(54)66(57)51-36-49-50(64(13,14)30-29-63(49,11)12)37-53(51)68(55)52-26-23-41(61(5,6)7)31-45(52)39-19-17-16-18-20-39/h16-26,31-38,47H,27-30H2,1-15H3. The van der Waals surface area contributed by atoms with Crippen molar-refractivity contribution in [2.45, 2.75) is 168 Å². The van der Waals surface area contributed by atoms with Gasteiger partial charge in [-0.2, -0.15) is 0 Å². The zero-order valence-electron chi connectivity index (χ0n) is 44.3. The number of anilines is 6. The van der Waals surface area contributed by atoms with Crippen LogP contribution in [0.15, 0.2) is 109 Å². The highest BCUT2D eigenvalue weighted by molar-refractivity contribution is 7.26. The first-order valence-corrected chi connectivity index (χ1v) is 27.1. The molecule has 3 aliphatic carbocycles. The lowest BCUT2D eigenvalue weighted by Gasteiger charge is -2.47. The zero-order valence-corrected chi connectivity index (χ0v) is 45.1. The fraction of sp³-hybridized carbons (Fsp3) is 0.415.